The molecule has 166 valence electrons. The fraction of sp³-hybridized carbons (Fsp3) is 0.481. The van der Waals surface area contributed by atoms with Crippen molar-refractivity contribution in [3.05, 3.63) is 54.1 Å². The molecule has 31 heavy (non-hydrogen) atoms. The third kappa shape index (κ3) is 6.27. The van der Waals surface area contributed by atoms with Gasteiger partial charge in [0.15, 0.2) is 5.82 Å². The van der Waals surface area contributed by atoms with Crippen molar-refractivity contribution in [3.8, 4) is 11.4 Å². The molecule has 2 N–H and O–H groups in total. The van der Waals surface area contributed by atoms with E-state index < -0.39 is 0 Å². The molecule has 0 bridgehead atoms. The van der Waals surface area contributed by atoms with Gasteiger partial charge in [-0.15, -0.1) is 0 Å². The summed E-state index contributed by atoms with van der Waals surface area (Å²) in [4.78, 5) is 12.4. The molecule has 0 atom stereocenters. The van der Waals surface area contributed by atoms with E-state index in [1.165, 1.54) is 49.5 Å². The van der Waals surface area contributed by atoms with Crippen molar-refractivity contribution in [1.82, 2.24) is 9.97 Å². The summed E-state index contributed by atoms with van der Waals surface area (Å²) in [5, 5.41) is 1.18. The van der Waals surface area contributed by atoms with Crippen LogP contribution in [0.15, 0.2) is 48.5 Å². The Morgan fingerprint density at radius 1 is 0.968 bits per heavy atom. The van der Waals surface area contributed by atoms with Gasteiger partial charge in [-0.25, -0.2) is 9.97 Å². The molecule has 1 aliphatic rings. The number of fused-ring (bicyclic) bond motifs is 1. The first-order chi connectivity index (χ1) is 15.2. The van der Waals surface area contributed by atoms with E-state index in [4.69, 9.17) is 15.7 Å². The first-order valence-electron chi connectivity index (χ1n) is 11.9. The summed E-state index contributed by atoms with van der Waals surface area (Å²) in [7, 11) is 0. The standard InChI is InChI=1S/C25H31N3.C2H7N/c1-3-4-6-9-20-14-16-28(17-15-20)25-22-13-12-19(2)18-23(22)26-24(27-25)21-10-7-5-8-11-21;1-2-3/h5,7-8,10-13,18,20H,3-4,6,9,14-17H2,1-2H3;2-3H2,1H3. The van der Waals surface area contributed by atoms with Crippen LogP contribution in [0.3, 0.4) is 0 Å². The Bertz CT molecular complexity index is 931. The van der Waals surface area contributed by atoms with E-state index >= 15 is 0 Å². The second kappa shape index (κ2) is 11.8. The maximum absolute atomic E-state index is 5.04. The number of nitrogens with two attached hydrogens (primary N) is 1. The summed E-state index contributed by atoms with van der Waals surface area (Å²) in [5.41, 5.74) is 8.22. The third-order valence-electron chi connectivity index (χ3n) is 5.99. The first-order valence-corrected chi connectivity index (χ1v) is 11.9. The summed E-state index contributed by atoms with van der Waals surface area (Å²) in [6.45, 7) is 9.27. The number of anilines is 1. The number of aromatic nitrogens is 2. The van der Waals surface area contributed by atoms with Gasteiger partial charge in [0.05, 0.1) is 5.52 Å². The lowest BCUT2D eigenvalue weighted by molar-refractivity contribution is 0.368. The van der Waals surface area contributed by atoms with Crippen LogP contribution in [0.2, 0.25) is 0 Å². The minimum absolute atomic E-state index is 0.750. The monoisotopic (exact) mass is 418 g/mol. The molecule has 1 aromatic heterocycles. The molecule has 0 aliphatic carbocycles. The van der Waals surface area contributed by atoms with Crippen LogP contribution in [0.1, 0.15) is 57.9 Å². The molecule has 2 aromatic carbocycles. The zero-order valence-electron chi connectivity index (χ0n) is 19.5. The highest BCUT2D eigenvalue weighted by atomic mass is 15.2. The van der Waals surface area contributed by atoms with Crippen LogP contribution >= 0.6 is 0 Å². The summed E-state index contributed by atoms with van der Waals surface area (Å²) in [6.07, 6.45) is 8.02. The van der Waals surface area contributed by atoms with Crippen LogP contribution in [0.25, 0.3) is 22.3 Å². The SMILES string of the molecule is CCCCCC1CCN(c2nc(-c3ccccc3)nc3cc(C)ccc23)CC1.CCN. The molecular weight excluding hydrogens is 380 g/mol. The van der Waals surface area contributed by atoms with Gasteiger partial charge < -0.3 is 10.6 Å². The minimum atomic E-state index is 0.750. The van der Waals surface area contributed by atoms with Crippen molar-refractivity contribution in [2.45, 2.75) is 59.3 Å². The molecular formula is C27H38N4. The largest absolute Gasteiger partial charge is 0.356 e. The predicted molar refractivity (Wildman–Crippen MR) is 134 cm³/mol. The summed E-state index contributed by atoms with van der Waals surface area (Å²) < 4.78 is 0. The van der Waals surface area contributed by atoms with Crippen molar-refractivity contribution in [2.75, 3.05) is 24.5 Å². The van der Waals surface area contributed by atoms with Crippen LogP contribution in [0, 0.1) is 12.8 Å². The Kier molecular flexibility index (Phi) is 8.84. The fourth-order valence-corrected chi connectivity index (χ4v) is 4.30. The van der Waals surface area contributed by atoms with E-state index in [0.29, 0.717) is 0 Å². The molecule has 1 aliphatic heterocycles. The topological polar surface area (TPSA) is 55.0 Å². The maximum Gasteiger partial charge on any atom is 0.162 e. The third-order valence-corrected chi connectivity index (χ3v) is 5.99. The number of hydrogen-bond donors (Lipinski definition) is 1. The zero-order chi connectivity index (χ0) is 22.1. The van der Waals surface area contributed by atoms with Crippen LogP contribution < -0.4 is 10.6 Å². The summed E-state index contributed by atoms with van der Waals surface area (Å²) >= 11 is 0. The number of aryl methyl sites for hydroxylation is 1. The van der Waals surface area contributed by atoms with Gasteiger partial charge in [-0.05, 0) is 49.9 Å². The Hall–Kier alpha value is -2.46. The quantitative estimate of drug-likeness (QED) is 0.473. The van der Waals surface area contributed by atoms with Gasteiger partial charge in [0.25, 0.3) is 0 Å². The molecule has 0 radical (unpaired) electrons. The number of nitrogens with zero attached hydrogens (tertiary/aromatic N) is 3. The van der Waals surface area contributed by atoms with Gasteiger partial charge in [-0.2, -0.15) is 0 Å². The van der Waals surface area contributed by atoms with Crippen LogP contribution in [-0.4, -0.2) is 29.6 Å². The van der Waals surface area contributed by atoms with Crippen molar-refractivity contribution in [1.29, 1.82) is 0 Å². The molecule has 0 unspecified atom stereocenters. The lowest BCUT2D eigenvalue weighted by Crippen LogP contribution is -2.34. The number of piperidine rings is 1. The molecule has 2 heterocycles. The Balaban J connectivity index is 0.000000858. The molecule has 1 fully saturated rings. The molecule has 4 nitrogen and oxygen atoms in total. The van der Waals surface area contributed by atoms with Crippen LogP contribution in [0.5, 0.6) is 0 Å². The molecule has 3 aromatic rings. The zero-order valence-corrected chi connectivity index (χ0v) is 19.5. The molecule has 4 heteroatoms. The summed E-state index contributed by atoms with van der Waals surface area (Å²) in [5.74, 6) is 2.82. The fourth-order valence-electron chi connectivity index (χ4n) is 4.30. The lowest BCUT2D eigenvalue weighted by atomic mass is 9.91. The van der Waals surface area contributed by atoms with E-state index in [1.807, 2.05) is 13.0 Å². The van der Waals surface area contributed by atoms with E-state index in [-0.39, 0.29) is 0 Å². The minimum Gasteiger partial charge on any atom is -0.356 e. The van der Waals surface area contributed by atoms with Gasteiger partial charge in [0, 0.05) is 24.0 Å². The molecule has 4 rings (SSSR count). The highest BCUT2D eigenvalue weighted by Crippen LogP contribution is 2.32. The molecule has 1 saturated heterocycles. The lowest BCUT2D eigenvalue weighted by Gasteiger charge is -2.33. The Morgan fingerprint density at radius 3 is 2.35 bits per heavy atom. The first kappa shape index (κ1) is 23.2. The van der Waals surface area contributed by atoms with Gasteiger partial charge in [-0.1, -0.05) is 75.9 Å². The van der Waals surface area contributed by atoms with E-state index in [0.717, 1.165) is 48.3 Å². The number of unbranched alkanes of at least 4 members (excludes halogenated alkanes) is 2. The average Bonchev–Trinajstić information content (AvgIpc) is 2.80. The van der Waals surface area contributed by atoms with Crippen molar-refractivity contribution in [2.24, 2.45) is 11.7 Å². The average molecular weight is 419 g/mol. The van der Waals surface area contributed by atoms with Crippen LogP contribution in [-0.2, 0) is 0 Å². The maximum atomic E-state index is 5.04. The van der Waals surface area contributed by atoms with E-state index in [1.54, 1.807) is 0 Å². The number of benzene rings is 2. The predicted octanol–water partition coefficient (Wildman–Crippen LogP) is 6.37. The number of hydrogen-bond acceptors (Lipinski definition) is 4. The van der Waals surface area contributed by atoms with Crippen molar-refractivity contribution < 1.29 is 0 Å². The highest BCUT2D eigenvalue weighted by molar-refractivity contribution is 5.91. The Labute approximate surface area is 187 Å². The van der Waals surface area contributed by atoms with Gasteiger partial charge in [0.2, 0.25) is 0 Å². The second-order valence-corrected chi connectivity index (χ2v) is 8.59. The summed E-state index contributed by atoms with van der Waals surface area (Å²) in [6, 6.07) is 16.9. The molecule has 0 amide bonds. The van der Waals surface area contributed by atoms with Crippen molar-refractivity contribution in [3.63, 3.8) is 0 Å². The van der Waals surface area contributed by atoms with E-state index in [2.05, 4.69) is 61.2 Å². The van der Waals surface area contributed by atoms with Crippen LogP contribution in [0.4, 0.5) is 5.82 Å². The van der Waals surface area contributed by atoms with Gasteiger partial charge in [0.1, 0.15) is 5.82 Å². The van der Waals surface area contributed by atoms with Crippen molar-refractivity contribution >= 4 is 16.7 Å². The van der Waals surface area contributed by atoms with E-state index in [9.17, 15) is 0 Å². The normalized spacial score (nSPS) is 14.4. The highest BCUT2D eigenvalue weighted by Gasteiger charge is 2.22. The van der Waals surface area contributed by atoms with Gasteiger partial charge in [-0.3, -0.25) is 0 Å². The molecule has 0 saturated carbocycles. The Morgan fingerprint density at radius 2 is 1.68 bits per heavy atom. The second-order valence-electron chi connectivity index (χ2n) is 8.59. The molecule has 0 spiro atoms. The smallest absolute Gasteiger partial charge is 0.162 e. The number of rotatable bonds is 6. The van der Waals surface area contributed by atoms with Gasteiger partial charge >= 0.3 is 0 Å².